The lowest BCUT2D eigenvalue weighted by molar-refractivity contribution is 0.525. The van der Waals surface area contributed by atoms with E-state index in [0.29, 0.717) is 6.04 Å². The largest absolute Gasteiger partial charge is 0.365 e. The minimum Gasteiger partial charge on any atom is -0.365 e. The topological polar surface area (TPSA) is 57.2 Å². The Kier molecular flexibility index (Phi) is 4.95. The molecule has 6 nitrogen and oxygen atoms in total. The fourth-order valence-electron chi connectivity index (χ4n) is 2.78. The van der Waals surface area contributed by atoms with Crippen LogP contribution in [0, 0.1) is 0 Å². The van der Waals surface area contributed by atoms with Crippen molar-refractivity contribution < 1.29 is 0 Å². The van der Waals surface area contributed by atoms with E-state index in [1.54, 1.807) is 6.33 Å². The normalized spacial score (nSPS) is 17.9. The molecule has 0 aliphatic carbocycles. The summed E-state index contributed by atoms with van der Waals surface area (Å²) in [7, 11) is 3.96. The highest BCUT2D eigenvalue weighted by molar-refractivity contribution is 9.10. The van der Waals surface area contributed by atoms with E-state index in [-0.39, 0.29) is 0 Å². The van der Waals surface area contributed by atoms with E-state index in [1.165, 1.54) is 0 Å². The molecule has 1 atom stereocenters. The SMILES string of the molecule is CN(C)c1cc(NC2CCCN(c3ncccc3Br)C2)ncn1. The standard InChI is InChI=1S/C16H21BrN6/c1-22(2)15-9-14(19-11-20-15)21-12-5-4-8-23(10-12)16-13(17)6-3-7-18-16/h3,6-7,9,11-12H,4-5,8,10H2,1-2H3,(H,19,20,21). The number of halogens is 1. The van der Waals surface area contributed by atoms with E-state index in [4.69, 9.17) is 0 Å². The summed E-state index contributed by atoms with van der Waals surface area (Å²) in [5.74, 6) is 2.79. The molecule has 1 fully saturated rings. The zero-order valence-electron chi connectivity index (χ0n) is 13.4. The minimum atomic E-state index is 0.350. The molecule has 0 saturated carbocycles. The molecule has 3 heterocycles. The minimum absolute atomic E-state index is 0.350. The van der Waals surface area contributed by atoms with Crippen LogP contribution in [-0.2, 0) is 0 Å². The maximum absolute atomic E-state index is 4.50. The molecule has 0 amide bonds. The van der Waals surface area contributed by atoms with Gasteiger partial charge in [-0.05, 0) is 40.9 Å². The zero-order chi connectivity index (χ0) is 16.2. The summed E-state index contributed by atoms with van der Waals surface area (Å²) in [6.45, 7) is 1.94. The number of nitrogens with one attached hydrogen (secondary N) is 1. The number of rotatable bonds is 4. The number of hydrogen-bond acceptors (Lipinski definition) is 6. The Labute approximate surface area is 145 Å². The van der Waals surface area contributed by atoms with Gasteiger partial charge in [-0.25, -0.2) is 15.0 Å². The summed E-state index contributed by atoms with van der Waals surface area (Å²) < 4.78 is 1.04. The molecule has 1 unspecified atom stereocenters. The third-order valence-electron chi connectivity index (χ3n) is 3.92. The molecule has 1 aliphatic rings. The molecule has 1 aliphatic heterocycles. The summed E-state index contributed by atoms with van der Waals surface area (Å²) in [4.78, 5) is 17.4. The van der Waals surface area contributed by atoms with Crippen molar-refractivity contribution in [2.24, 2.45) is 0 Å². The van der Waals surface area contributed by atoms with Crippen LogP contribution in [0.4, 0.5) is 17.5 Å². The van der Waals surface area contributed by atoms with E-state index in [0.717, 1.165) is 47.9 Å². The van der Waals surface area contributed by atoms with Gasteiger partial charge in [0.2, 0.25) is 0 Å². The average molecular weight is 377 g/mol. The molecule has 3 rings (SSSR count). The molecular formula is C16H21BrN6. The van der Waals surface area contributed by atoms with E-state index in [9.17, 15) is 0 Å². The van der Waals surface area contributed by atoms with E-state index in [2.05, 4.69) is 41.1 Å². The first-order valence-corrected chi connectivity index (χ1v) is 8.54. The monoisotopic (exact) mass is 376 g/mol. The number of anilines is 3. The molecule has 122 valence electrons. The maximum atomic E-state index is 4.50. The molecule has 23 heavy (non-hydrogen) atoms. The number of nitrogens with zero attached hydrogens (tertiary/aromatic N) is 5. The number of hydrogen-bond donors (Lipinski definition) is 1. The molecule has 2 aromatic rings. The second-order valence-electron chi connectivity index (χ2n) is 5.89. The lowest BCUT2D eigenvalue weighted by atomic mass is 10.1. The summed E-state index contributed by atoms with van der Waals surface area (Å²) in [6.07, 6.45) is 5.70. The number of pyridine rings is 1. The van der Waals surface area contributed by atoms with Gasteiger partial charge in [0, 0.05) is 45.5 Å². The lowest BCUT2D eigenvalue weighted by Gasteiger charge is -2.34. The van der Waals surface area contributed by atoms with E-state index in [1.807, 2.05) is 43.4 Å². The molecule has 7 heteroatoms. The van der Waals surface area contributed by atoms with Crippen molar-refractivity contribution in [3.63, 3.8) is 0 Å². The Morgan fingerprint density at radius 1 is 1.30 bits per heavy atom. The summed E-state index contributed by atoms with van der Waals surface area (Å²) in [5, 5.41) is 3.53. The van der Waals surface area contributed by atoms with Crippen molar-refractivity contribution in [3.05, 3.63) is 35.2 Å². The fraction of sp³-hybridized carbons (Fsp3) is 0.438. The zero-order valence-corrected chi connectivity index (χ0v) is 15.0. The predicted octanol–water partition coefficient (Wildman–Crippen LogP) is 2.78. The Hall–Kier alpha value is -1.89. The molecule has 1 saturated heterocycles. The van der Waals surface area contributed by atoms with Crippen LogP contribution in [0.15, 0.2) is 35.2 Å². The highest BCUT2D eigenvalue weighted by Crippen LogP contribution is 2.26. The first-order valence-electron chi connectivity index (χ1n) is 7.75. The quantitative estimate of drug-likeness (QED) is 0.885. The lowest BCUT2D eigenvalue weighted by Crippen LogP contribution is -2.42. The molecule has 1 N–H and O–H groups in total. The van der Waals surface area contributed by atoms with Crippen LogP contribution >= 0.6 is 15.9 Å². The second-order valence-corrected chi connectivity index (χ2v) is 6.75. The van der Waals surface area contributed by atoms with Gasteiger partial charge in [-0.1, -0.05) is 0 Å². The van der Waals surface area contributed by atoms with Gasteiger partial charge in [0.05, 0.1) is 4.47 Å². The van der Waals surface area contributed by atoms with Crippen LogP contribution < -0.4 is 15.1 Å². The first kappa shape index (κ1) is 16.0. The van der Waals surface area contributed by atoms with Gasteiger partial charge < -0.3 is 15.1 Å². The smallest absolute Gasteiger partial charge is 0.142 e. The Morgan fingerprint density at radius 3 is 2.96 bits per heavy atom. The molecule has 0 spiro atoms. The van der Waals surface area contributed by atoms with Crippen LogP contribution in [0.25, 0.3) is 0 Å². The van der Waals surface area contributed by atoms with Crippen LogP contribution in [0.1, 0.15) is 12.8 Å². The van der Waals surface area contributed by atoms with Crippen molar-refractivity contribution in [2.45, 2.75) is 18.9 Å². The predicted molar refractivity (Wildman–Crippen MR) is 97.2 cm³/mol. The van der Waals surface area contributed by atoms with Crippen LogP contribution in [0.3, 0.4) is 0 Å². The average Bonchev–Trinajstić information content (AvgIpc) is 2.56. The first-order chi connectivity index (χ1) is 11.1. The van der Waals surface area contributed by atoms with Crippen molar-refractivity contribution in [3.8, 4) is 0 Å². The highest BCUT2D eigenvalue weighted by atomic mass is 79.9. The molecule has 0 aromatic carbocycles. The third kappa shape index (κ3) is 3.90. The third-order valence-corrected chi connectivity index (χ3v) is 4.54. The Balaban J connectivity index is 1.70. The molecular weight excluding hydrogens is 356 g/mol. The van der Waals surface area contributed by atoms with Crippen LogP contribution in [0.2, 0.25) is 0 Å². The van der Waals surface area contributed by atoms with Crippen molar-refractivity contribution in [1.82, 2.24) is 15.0 Å². The van der Waals surface area contributed by atoms with Crippen molar-refractivity contribution >= 4 is 33.4 Å². The maximum Gasteiger partial charge on any atom is 0.142 e. The summed E-state index contributed by atoms with van der Waals surface area (Å²) in [5.41, 5.74) is 0. The van der Waals surface area contributed by atoms with Gasteiger partial charge in [0.25, 0.3) is 0 Å². The number of aromatic nitrogens is 3. The number of piperidine rings is 1. The molecule has 0 radical (unpaired) electrons. The van der Waals surface area contributed by atoms with Crippen LogP contribution in [-0.4, -0.2) is 48.2 Å². The van der Waals surface area contributed by atoms with Gasteiger partial charge in [-0.3, -0.25) is 0 Å². The molecule has 2 aromatic heterocycles. The second kappa shape index (κ2) is 7.12. The van der Waals surface area contributed by atoms with Crippen molar-refractivity contribution in [2.75, 3.05) is 42.3 Å². The summed E-state index contributed by atoms with van der Waals surface area (Å²) in [6, 6.07) is 6.31. The summed E-state index contributed by atoms with van der Waals surface area (Å²) >= 11 is 3.59. The van der Waals surface area contributed by atoms with E-state index < -0.39 is 0 Å². The van der Waals surface area contributed by atoms with Gasteiger partial charge in [-0.2, -0.15) is 0 Å². The Bertz CT molecular complexity index is 663. The highest BCUT2D eigenvalue weighted by Gasteiger charge is 2.22. The van der Waals surface area contributed by atoms with E-state index >= 15 is 0 Å². The van der Waals surface area contributed by atoms with Gasteiger partial charge in [0.15, 0.2) is 0 Å². The van der Waals surface area contributed by atoms with Crippen molar-refractivity contribution in [1.29, 1.82) is 0 Å². The fourth-order valence-corrected chi connectivity index (χ4v) is 3.28. The van der Waals surface area contributed by atoms with Gasteiger partial charge in [-0.15, -0.1) is 0 Å². The Morgan fingerprint density at radius 2 is 2.17 bits per heavy atom. The molecule has 0 bridgehead atoms. The van der Waals surface area contributed by atoms with Gasteiger partial charge >= 0.3 is 0 Å². The van der Waals surface area contributed by atoms with Gasteiger partial charge in [0.1, 0.15) is 23.8 Å². The van der Waals surface area contributed by atoms with Crippen LogP contribution in [0.5, 0.6) is 0 Å².